The Hall–Kier alpha value is -0.870. The van der Waals surface area contributed by atoms with Crippen LogP contribution < -0.4 is 4.74 Å². The molecule has 0 bridgehead atoms. The van der Waals surface area contributed by atoms with Gasteiger partial charge in [0.1, 0.15) is 12.4 Å². The molecule has 1 aromatic carbocycles. The Morgan fingerprint density at radius 3 is 2.80 bits per heavy atom. The summed E-state index contributed by atoms with van der Waals surface area (Å²) >= 11 is 3.36. The lowest BCUT2D eigenvalue weighted by Gasteiger charge is -2.18. The molecule has 2 rings (SSSR count). The lowest BCUT2D eigenvalue weighted by Crippen LogP contribution is -2.21. The molecule has 0 radical (unpaired) electrons. The van der Waals surface area contributed by atoms with E-state index < -0.39 is 6.10 Å². The fourth-order valence-corrected chi connectivity index (χ4v) is 3.51. The zero-order valence-corrected chi connectivity index (χ0v) is 13.4. The van der Waals surface area contributed by atoms with Crippen LogP contribution in [0.25, 0.3) is 0 Å². The van der Waals surface area contributed by atoms with Crippen LogP contribution in [0.4, 0.5) is 0 Å². The first-order valence-corrected chi connectivity index (χ1v) is 7.95. The molecule has 1 fully saturated rings. The summed E-state index contributed by atoms with van der Waals surface area (Å²) in [5, 5.41) is 10.1. The molecule has 0 amide bonds. The Labute approximate surface area is 128 Å². The van der Waals surface area contributed by atoms with Gasteiger partial charge in [-0.3, -0.25) is 4.79 Å². The maximum absolute atomic E-state index is 11.1. The second-order valence-corrected chi connectivity index (χ2v) is 6.53. The van der Waals surface area contributed by atoms with E-state index in [2.05, 4.69) is 15.9 Å². The number of rotatable bonds is 6. The number of carbonyl (C=O) groups excluding carboxylic acids is 1. The summed E-state index contributed by atoms with van der Waals surface area (Å²) in [5.41, 5.74) is 1.42. The Bertz CT molecular complexity index is 467. The first kappa shape index (κ1) is 15.5. The molecule has 1 N–H and O–H groups in total. The van der Waals surface area contributed by atoms with Crippen LogP contribution in [0.5, 0.6) is 5.75 Å². The van der Waals surface area contributed by atoms with Crippen LogP contribution in [0.2, 0.25) is 0 Å². The first-order valence-electron chi connectivity index (χ1n) is 7.16. The van der Waals surface area contributed by atoms with Crippen molar-refractivity contribution >= 4 is 22.2 Å². The van der Waals surface area contributed by atoms with E-state index in [-0.39, 0.29) is 6.61 Å². The highest BCUT2D eigenvalue weighted by atomic mass is 79.9. The average Bonchev–Trinajstić information content (AvgIpc) is 2.89. The highest BCUT2D eigenvalue weighted by Crippen LogP contribution is 2.30. The van der Waals surface area contributed by atoms with Crippen molar-refractivity contribution in [2.75, 3.05) is 6.61 Å². The molecule has 0 aliphatic heterocycles. The van der Waals surface area contributed by atoms with Gasteiger partial charge in [-0.15, -0.1) is 0 Å². The van der Waals surface area contributed by atoms with Crippen molar-refractivity contribution in [1.82, 2.24) is 0 Å². The number of hydrogen-bond donors (Lipinski definition) is 1. The van der Waals surface area contributed by atoms with Gasteiger partial charge in [0.05, 0.1) is 11.7 Å². The third kappa shape index (κ3) is 4.06. The summed E-state index contributed by atoms with van der Waals surface area (Å²) in [6, 6.07) is 3.64. The van der Waals surface area contributed by atoms with Gasteiger partial charge in [0.15, 0.2) is 6.29 Å². The van der Waals surface area contributed by atoms with Crippen molar-refractivity contribution in [3.05, 3.63) is 27.7 Å². The molecule has 3 nitrogen and oxygen atoms in total. The molecule has 1 unspecified atom stereocenters. The molecular formula is C16H21BrO3. The zero-order chi connectivity index (χ0) is 14.5. The van der Waals surface area contributed by atoms with Gasteiger partial charge in [0, 0.05) is 4.47 Å². The maximum atomic E-state index is 11.1. The van der Waals surface area contributed by atoms with E-state index in [1.165, 1.54) is 25.7 Å². The fraction of sp³-hybridized carbons (Fsp3) is 0.562. The van der Waals surface area contributed by atoms with Crippen LogP contribution in [-0.2, 0) is 0 Å². The number of ether oxygens (including phenoxy) is 1. The predicted octanol–water partition coefficient (Wildman–Crippen LogP) is 3.89. The van der Waals surface area contributed by atoms with E-state index in [1.54, 1.807) is 6.07 Å². The quantitative estimate of drug-likeness (QED) is 0.799. The van der Waals surface area contributed by atoms with Gasteiger partial charge in [-0.05, 0) is 37.0 Å². The van der Waals surface area contributed by atoms with E-state index in [0.717, 1.165) is 22.7 Å². The minimum Gasteiger partial charge on any atom is -0.490 e. The Morgan fingerprint density at radius 2 is 2.15 bits per heavy atom. The van der Waals surface area contributed by atoms with Gasteiger partial charge in [0.25, 0.3) is 0 Å². The molecular weight excluding hydrogens is 320 g/mol. The summed E-state index contributed by atoms with van der Waals surface area (Å²) in [6.45, 7) is 2.15. The topological polar surface area (TPSA) is 46.5 Å². The molecule has 1 aliphatic rings. The monoisotopic (exact) mass is 340 g/mol. The number of aliphatic hydroxyl groups is 1. The van der Waals surface area contributed by atoms with Crippen LogP contribution in [0.1, 0.15) is 48.0 Å². The molecule has 0 saturated heterocycles. The molecule has 110 valence electrons. The van der Waals surface area contributed by atoms with E-state index >= 15 is 0 Å². The van der Waals surface area contributed by atoms with E-state index in [1.807, 2.05) is 13.0 Å². The molecule has 0 aromatic heterocycles. The third-order valence-corrected chi connectivity index (χ3v) is 4.35. The molecule has 20 heavy (non-hydrogen) atoms. The molecule has 1 aliphatic carbocycles. The summed E-state index contributed by atoms with van der Waals surface area (Å²) < 4.78 is 6.54. The lowest BCUT2D eigenvalue weighted by molar-refractivity contribution is 0.0842. The number of hydrogen-bond acceptors (Lipinski definition) is 3. The van der Waals surface area contributed by atoms with Gasteiger partial charge in [-0.2, -0.15) is 0 Å². The number of aryl methyl sites for hydroxylation is 1. The van der Waals surface area contributed by atoms with E-state index in [0.29, 0.717) is 17.2 Å². The maximum Gasteiger partial charge on any atom is 0.153 e. The molecule has 0 heterocycles. The minimum atomic E-state index is -0.458. The van der Waals surface area contributed by atoms with E-state index in [4.69, 9.17) is 4.74 Å². The standard InChI is InChI=1S/C16H21BrO3/c1-11-6-14(17)8-13(9-18)16(11)20-10-15(19)7-12-4-2-3-5-12/h6,8-9,12,15,19H,2-5,7,10H2,1H3. The summed E-state index contributed by atoms with van der Waals surface area (Å²) in [6.07, 6.45) is 6.11. The second kappa shape index (κ2) is 7.23. The van der Waals surface area contributed by atoms with Crippen molar-refractivity contribution in [3.63, 3.8) is 0 Å². The van der Waals surface area contributed by atoms with Crippen LogP contribution in [0, 0.1) is 12.8 Å². The van der Waals surface area contributed by atoms with Gasteiger partial charge in [-0.1, -0.05) is 41.6 Å². The first-order chi connectivity index (χ1) is 9.60. The average molecular weight is 341 g/mol. The van der Waals surface area contributed by atoms with Crippen molar-refractivity contribution in [2.24, 2.45) is 5.92 Å². The normalized spacial score (nSPS) is 17.1. The summed E-state index contributed by atoms with van der Waals surface area (Å²) in [4.78, 5) is 11.1. The van der Waals surface area contributed by atoms with Crippen LogP contribution in [0.15, 0.2) is 16.6 Å². The number of aldehydes is 1. The predicted molar refractivity (Wildman–Crippen MR) is 82.3 cm³/mol. The van der Waals surface area contributed by atoms with Crippen LogP contribution >= 0.6 is 15.9 Å². The molecule has 1 saturated carbocycles. The molecule has 1 aromatic rings. The highest BCUT2D eigenvalue weighted by Gasteiger charge is 2.19. The second-order valence-electron chi connectivity index (χ2n) is 5.61. The van der Waals surface area contributed by atoms with Crippen molar-refractivity contribution < 1.29 is 14.6 Å². The van der Waals surface area contributed by atoms with Crippen molar-refractivity contribution in [1.29, 1.82) is 0 Å². The minimum absolute atomic E-state index is 0.250. The van der Waals surface area contributed by atoms with Crippen molar-refractivity contribution in [2.45, 2.75) is 45.1 Å². The lowest BCUT2D eigenvalue weighted by atomic mass is 10.0. The van der Waals surface area contributed by atoms with Gasteiger partial charge in [0.2, 0.25) is 0 Å². The smallest absolute Gasteiger partial charge is 0.153 e. The summed E-state index contributed by atoms with van der Waals surface area (Å²) in [7, 11) is 0. The van der Waals surface area contributed by atoms with Crippen LogP contribution in [-0.4, -0.2) is 24.1 Å². The fourth-order valence-electron chi connectivity index (χ4n) is 2.92. The van der Waals surface area contributed by atoms with Crippen molar-refractivity contribution in [3.8, 4) is 5.75 Å². The highest BCUT2D eigenvalue weighted by molar-refractivity contribution is 9.10. The Balaban J connectivity index is 1.94. The van der Waals surface area contributed by atoms with Gasteiger partial charge in [-0.25, -0.2) is 0 Å². The van der Waals surface area contributed by atoms with Crippen LogP contribution in [0.3, 0.4) is 0 Å². The SMILES string of the molecule is Cc1cc(Br)cc(C=O)c1OCC(O)CC1CCCC1. The third-order valence-electron chi connectivity index (χ3n) is 3.90. The molecule has 0 spiro atoms. The van der Waals surface area contributed by atoms with E-state index in [9.17, 15) is 9.90 Å². The van der Waals surface area contributed by atoms with Gasteiger partial charge < -0.3 is 9.84 Å². The Kier molecular flexibility index (Phi) is 5.61. The molecule has 4 heteroatoms. The Morgan fingerprint density at radius 1 is 1.45 bits per heavy atom. The largest absolute Gasteiger partial charge is 0.490 e. The number of benzene rings is 1. The molecule has 1 atom stereocenters. The number of carbonyl (C=O) groups is 1. The number of halogens is 1. The zero-order valence-electron chi connectivity index (χ0n) is 11.8. The van der Waals surface area contributed by atoms with Gasteiger partial charge >= 0.3 is 0 Å². The number of aliphatic hydroxyl groups excluding tert-OH is 1. The summed E-state index contributed by atoms with van der Waals surface area (Å²) in [5.74, 6) is 1.21.